The van der Waals surface area contributed by atoms with Crippen LogP contribution < -0.4 is 5.32 Å². The van der Waals surface area contributed by atoms with Crippen molar-refractivity contribution in [2.45, 2.75) is 78.2 Å². The van der Waals surface area contributed by atoms with E-state index in [0.717, 1.165) is 0 Å². The molecule has 0 bridgehead atoms. The van der Waals surface area contributed by atoms with Gasteiger partial charge in [0, 0.05) is 52.4 Å². The Bertz CT molecular complexity index is 462. The molecule has 0 spiro atoms. The molecule has 6 unspecified atom stereocenters. The third-order valence-corrected chi connectivity index (χ3v) is 5.65. The van der Waals surface area contributed by atoms with Crippen molar-refractivity contribution in [3.8, 4) is 0 Å². The lowest BCUT2D eigenvalue weighted by Gasteiger charge is -2.42. The topological polar surface area (TPSA) is 140 Å². The molecule has 0 aliphatic carbocycles. The molecule has 0 aliphatic rings. The Balaban J connectivity index is 5.12. The lowest BCUT2D eigenvalue weighted by atomic mass is 10.2. The van der Waals surface area contributed by atoms with E-state index in [9.17, 15) is 30.6 Å². The molecule has 0 radical (unpaired) electrons. The van der Waals surface area contributed by atoms with Crippen LogP contribution in [0.4, 0.5) is 0 Å². The molecule has 0 heterocycles. The molecule has 10 nitrogen and oxygen atoms in total. The fourth-order valence-corrected chi connectivity index (χ4v) is 4.71. The molecular formula is C24H55N4O6+. The van der Waals surface area contributed by atoms with Crippen LogP contribution in [0.3, 0.4) is 0 Å². The van der Waals surface area contributed by atoms with Crippen molar-refractivity contribution in [1.82, 2.24) is 15.1 Å². The van der Waals surface area contributed by atoms with Gasteiger partial charge in [-0.1, -0.05) is 0 Å². The molecule has 0 saturated heterocycles. The zero-order valence-corrected chi connectivity index (χ0v) is 22.5. The second-order valence-corrected chi connectivity index (χ2v) is 10.5. The summed E-state index contributed by atoms with van der Waals surface area (Å²) in [6.45, 7) is 17.4. The molecule has 0 fully saturated rings. The van der Waals surface area contributed by atoms with Crippen molar-refractivity contribution in [2.75, 3.05) is 78.5 Å². The van der Waals surface area contributed by atoms with Gasteiger partial charge >= 0.3 is 0 Å². The van der Waals surface area contributed by atoms with Crippen LogP contribution in [-0.2, 0) is 0 Å². The summed E-state index contributed by atoms with van der Waals surface area (Å²) in [5, 5.41) is 63.0. The predicted molar refractivity (Wildman–Crippen MR) is 136 cm³/mol. The number of hydrogen-bond acceptors (Lipinski definition) is 9. The normalized spacial score (nSPS) is 19.6. The van der Waals surface area contributed by atoms with Crippen LogP contribution in [0.1, 0.15) is 41.5 Å². The Labute approximate surface area is 207 Å². The molecule has 206 valence electrons. The first-order valence-electron chi connectivity index (χ1n) is 12.8. The number of aliphatic hydroxyl groups is 6. The predicted octanol–water partition coefficient (Wildman–Crippen LogP) is -1.72. The van der Waals surface area contributed by atoms with Gasteiger partial charge in [-0.15, -0.1) is 0 Å². The zero-order chi connectivity index (χ0) is 26.3. The summed E-state index contributed by atoms with van der Waals surface area (Å²) in [6, 6.07) is 0. The van der Waals surface area contributed by atoms with Crippen LogP contribution in [0.15, 0.2) is 0 Å². The second kappa shape index (κ2) is 17.9. The van der Waals surface area contributed by atoms with Gasteiger partial charge in [-0.05, 0) is 41.5 Å². The van der Waals surface area contributed by atoms with E-state index in [1.54, 1.807) is 41.5 Å². The number of quaternary nitrogens is 1. The SMILES string of the molecule is CC(O)CN(CCNCC[N+](CCN(CC(C)O)CC(C)O)(CC(C)O)CC(C)O)CC(C)O. The van der Waals surface area contributed by atoms with E-state index in [1.165, 1.54) is 0 Å². The third-order valence-electron chi connectivity index (χ3n) is 5.65. The highest BCUT2D eigenvalue weighted by atomic mass is 16.3. The highest BCUT2D eigenvalue weighted by Crippen LogP contribution is 2.12. The summed E-state index contributed by atoms with van der Waals surface area (Å²) in [6.07, 6.45) is -3.02. The van der Waals surface area contributed by atoms with Gasteiger partial charge in [0.15, 0.2) is 0 Å². The molecule has 34 heavy (non-hydrogen) atoms. The summed E-state index contributed by atoms with van der Waals surface area (Å²) in [4.78, 5) is 4.06. The standard InChI is InChI=1S/C24H55N4O6/c1-19(29)13-26(14-20(2)30)9-7-25-8-11-28(17-23(5)33,18-24(6)34)12-10-27(15-21(3)31)16-22(4)32/h19-25,29-34H,7-18H2,1-6H3/q+1. The van der Waals surface area contributed by atoms with E-state index in [1.807, 2.05) is 9.80 Å². The summed E-state index contributed by atoms with van der Waals surface area (Å²) >= 11 is 0. The Hall–Kier alpha value is -0.400. The maximum absolute atomic E-state index is 10.2. The Morgan fingerprint density at radius 3 is 1.26 bits per heavy atom. The average molecular weight is 496 g/mol. The van der Waals surface area contributed by atoms with E-state index < -0.39 is 36.6 Å². The van der Waals surface area contributed by atoms with E-state index in [-0.39, 0.29) is 0 Å². The first-order valence-corrected chi connectivity index (χ1v) is 12.8. The Morgan fingerprint density at radius 1 is 0.529 bits per heavy atom. The van der Waals surface area contributed by atoms with Crippen LogP contribution >= 0.6 is 0 Å². The summed E-state index contributed by atoms with van der Waals surface area (Å²) < 4.78 is 0.517. The number of hydrogen-bond donors (Lipinski definition) is 7. The second-order valence-electron chi connectivity index (χ2n) is 10.5. The molecule has 10 heteroatoms. The van der Waals surface area contributed by atoms with Crippen LogP contribution in [0, 0.1) is 0 Å². The minimum absolute atomic E-state index is 0.453. The minimum Gasteiger partial charge on any atom is -0.392 e. The molecule has 6 atom stereocenters. The fraction of sp³-hybridized carbons (Fsp3) is 1.00. The van der Waals surface area contributed by atoms with Gasteiger partial charge in [-0.3, -0.25) is 9.80 Å². The molecule has 0 aromatic rings. The summed E-state index contributed by atoms with van der Waals surface area (Å²) in [5.41, 5.74) is 0. The minimum atomic E-state index is -0.534. The van der Waals surface area contributed by atoms with Gasteiger partial charge in [-0.2, -0.15) is 0 Å². The van der Waals surface area contributed by atoms with Crippen LogP contribution in [0.25, 0.3) is 0 Å². The van der Waals surface area contributed by atoms with Gasteiger partial charge in [0.25, 0.3) is 0 Å². The molecule has 0 aliphatic heterocycles. The van der Waals surface area contributed by atoms with Crippen molar-refractivity contribution in [2.24, 2.45) is 0 Å². The van der Waals surface area contributed by atoms with Gasteiger partial charge < -0.3 is 40.4 Å². The quantitative estimate of drug-likeness (QED) is 0.0732. The monoisotopic (exact) mass is 495 g/mol. The van der Waals surface area contributed by atoms with Crippen molar-refractivity contribution >= 4 is 0 Å². The summed E-state index contributed by atoms with van der Waals surface area (Å²) in [7, 11) is 0. The first-order chi connectivity index (χ1) is 15.7. The Kier molecular flexibility index (Phi) is 17.7. The smallest absolute Gasteiger partial charge is 0.105 e. The number of nitrogens with zero attached hydrogens (tertiary/aromatic N) is 3. The fourth-order valence-electron chi connectivity index (χ4n) is 4.71. The van der Waals surface area contributed by atoms with E-state index in [2.05, 4.69) is 5.32 Å². The van der Waals surface area contributed by atoms with Crippen LogP contribution in [0.2, 0.25) is 0 Å². The van der Waals surface area contributed by atoms with Crippen molar-refractivity contribution in [3.05, 3.63) is 0 Å². The van der Waals surface area contributed by atoms with Gasteiger partial charge in [-0.25, -0.2) is 0 Å². The van der Waals surface area contributed by atoms with Crippen molar-refractivity contribution in [1.29, 1.82) is 0 Å². The summed E-state index contributed by atoms with van der Waals surface area (Å²) in [5.74, 6) is 0. The van der Waals surface area contributed by atoms with Crippen LogP contribution in [-0.4, -0.2) is 160 Å². The third kappa shape index (κ3) is 18.0. The number of aliphatic hydroxyl groups excluding tert-OH is 6. The molecule has 0 rings (SSSR count). The van der Waals surface area contributed by atoms with E-state index >= 15 is 0 Å². The molecule has 0 amide bonds. The lowest BCUT2D eigenvalue weighted by Crippen LogP contribution is -2.60. The van der Waals surface area contributed by atoms with Gasteiger partial charge in [0.2, 0.25) is 0 Å². The molecule has 0 aromatic heterocycles. The lowest BCUT2D eigenvalue weighted by molar-refractivity contribution is -0.931. The molecule has 0 saturated carbocycles. The largest absolute Gasteiger partial charge is 0.392 e. The molecular weight excluding hydrogens is 440 g/mol. The van der Waals surface area contributed by atoms with Crippen molar-refractivity contribution < 1.29 is 35.1 Å². The van der Waals surface area contributed by atoms with Gasteiger partial charge in [0.05, 0.1) is 37.5 Å². The van der Waals surface area contributed by atoms with Crippen LogP contribution in [0.5, 0.6) is 0 Å². The van der Waals surface area contributed by atoms with E-state index in [0.29, 0.717) is 83.0 Å². The van der Waals surface area contributed by atoms with E-state index in [4.69, 9.17) is 0 Å². The highest BCUT2D eigenvalue weighted by Gasteiger charge is 2.31. The maximum atomic E-state index is 10.2. The maximum Gasteiger partial charge on any atom is 0.105 e. The number of nitrogens with one attached hydrogen (secondary N) is 1. The molecule has 7 N–H and O–H groups in total. The molecule has 0 aromatic carbocycles. The first kappa shape index (κ1) is 33.6. The van der Waals surface area contributed by atoms with Gasteiger partial charge in [0.1, 0.15) is 25.3 Å². The van der Waals surface area contributed by atoms with Crippen molar-refractivity contribution in [3.63, 3.8) is 0 Å². The number of rotatable bonds is 21. The highest BCUT2D eigenvalue weighted by molar-refractivity contribution is 4.68. The zero-order valence-electron chi connectivity index (χ0n) is 22.5. The average Bonchev–Trinajstić information content (AvgIpc) is 2.62. The Morgan fingerprint density at radius 2 is 0.912 bits per heavy atom.